The highest BCUT2D eigenvalue weighted by atomic mass is 35.5. The number of thioether (sulfide) groups is 1. The molecule has 0 bridgehead atoms. The lowest BCUT2D eigenvalue weighted by Crippen LogP contribution is -1.99. The highest BCUT2D eigenvalue weighted by molar-refractivity contribution is 8.00. The maximum atomic E-state index is 10.8. The van der Waals surface area contributed by atoms with Crippen molar-refractivity contribution in [3.8, 4) is 0 Å². The van der Waals surface area contributed by atoms with Crippen molar-refractivity contribution in [2.24, 2.45) is 0 Å². The predicted octanol–water partition coefficient (Wildman–Crippen LogP) is 3.97. The summed E-state index contributed by atoms with van der Waals surface area (Å²) in [6, 6.07) is 4.88. The van der Waals surface area contributed by atoms with Gasteiger partial charge in [0, 0.05) is 11.1 Å². The molecule has 0 radical (unpaired) electrons. The summed E-state index contributed by atoms with van der Waals surface area (Å²) in [5.74, 6) is 0.439. The number of hydrogen-bond acceptors (Lipinski definition) is 3. The van der Waals surface area contributed by atoms with Gasteiger partial charge in [-0.1, -0.05) is 24.6 Å². The molecule has 1 atom stereocenters. The number of nitro benzene ring substituents is 1. The minimum atomic E-state index is -0.467. The van der Waals surface area contributed by atoms with Crippen molar-refractivity contribution in [2.45, 2.75) is 17.1 Å². The SMILES string of the molecule is CC(CCl)Sc1cccc(Cl)c1[N+](=O)[O-]. The van der Waals surface area contributed by atoms with Crippen LogP contribution in [0.1, 0.15) is 6.92 Å². The Kier molecular flexibility index (Phi) is 4.70. The van der Waals surface area contributed by atoms with Gasteiger partial charge < -0.3 is 0 Å². The summed E-state index contributed by atoms with van der Waals surface area (Å²) >= 11 is 12.8. The molecule has 1 rings (SSSR count). The van der Waals surface area contributed by atoms with Crippen molar-refractivity contribution in [3.63, 3.8) is 0 Å². The summed E-state index contributed by atoms with van der Waals surface area (Å²) < 4.78 is 0. The van der Waals surface area contributed by atoms with Gasteiger partial charge in [-0.05, 0) is 12.1 Å². The summed E-state index contributed by atoms with van der Waals surface area (Å²) in [7, 11) is 0. The second-order valence-electron chi connectivity index (χ2n) is 2.93. The van der Waals surface area contributed by atoms with Crippen LogP contribution in [0.25, 0.3) is 0 Å². The molecule has 0 aliphatic heterocycles. The first kappa shape index (κ1) is 12.6. The highest BCUT2D eigenvalue weighted by Crippen LogP contribution is 2.37. The Hall–Kier alpha value is -0.450. The summed E-state index contributed by atoms with van der Waals surface area (Å²) in [5, 5.41) is 11.1. The zero-order valence-electron chi connectivity index (χ0n) is 7.94. The molecule has 0 aliphatic carbocycles. The molecule has 0 saturated heterocycles. The molecule has 1 aromatic rings. The lowest BCUT2D eigenvalue weighted by molar-refractivity contribution is -0.387. The van der Waals surface area contributed by atoms with Gasteiger partial charge in [-0.25, -0.2) is 0 Å². The number of nitrogens with zero attached hydrogens (tertiary/aromatic N) is 1. The van der Waals surface area contributed by atoms with Crippen molar-refractivity contribution in [2.75, 3.05) is 5.88 Å². The van der Waals surface area contributed by atoms with Crippen LogP contribution in [-0.2, 0) is 0 Å². The van der Waals surface area contributed by atoms with Crippen LogP contribution in [0.2, 0.25) is 5.02 Å². The van der Waals surface area contributed by atoms with Gasteiger partial charge in [-0.3, -0.25) is 10.1 Å². The molecule has 1 unspecified atom stereocenters. The van der Waals surface area contributed by atoms with Crippen molar-refractivity contribution >= 4 is 40.7 Å². The maximum absolute atomic E-state index is 10.8. The molecule has 6 heteroatoms. The fraction of sp³-hybridized carbons (Fsp3) is 0.333. The fourth-order valence-corrected chi connectivity index (χ4v) is 2.45. The smallest absolute Gasteiger partial charge is 0.258 e. The van der Waals surface area contributed by atoms with Gasteiger partial charge in [0.25, 0.3) is 0 Å². The topological polar surface area (TPSA) is 43.1 Å². The van der Waals surface area contributed by atoms with Gasteiger partial charge in [0.05, 0.1) is 9.82 Å². The highest BCUT2D eigenvalue weighted by Gasteiger charge is 2.19. The molecule has 3 nitrogen and oxygen atoms in total. The van der Waals surface area contributed by atoms with E-state index in [9.17, 15) is 10.1 Å². The minimum Gasteiger partial charge on any atom is -0.258 e. The van der Waals surface area contributed by atoms with Gasteiger partial charge in [-0.15, -0.1) is 23.4 Å². The van der Waals surface area contributed by atoms with Crippen LogP contribution in [0.15, 0.2) is 23.1 Å². The number of para-hydroxylation sites is 1. The number of nitro groups is 1. The first-order chi connectivity index (χ1) is 7.06. The van der Waals surface area contributed by atoms with Crippen LogP contribution in [0, 0.1) is 10.1 Å². The Morgan fingerprint density at radius 2 is 2.27 bits per heavy atom. The number of halogens is 2. The van der Waals surface area contributed by atoms with E-state index in [2.05, 4.69) is 0 Å². The van der Waals surface area contributed by atoms with Crippen molar-refractivity contribution in [3.05, 3.63) is 33.3 Å². The number of alkyl halides is 1. The van der Waals surface area contributed by atoms with Gasteiger partial charge >= 0.3 is 5.69 Å². The first-order valence-corrected chi connectivity index (χ1v) is 6.01. The van der Waals surface area contributed by atoms with Crippen molar-refractivity contribution in [1.82, 2.24) is 0 Å². The molecule has 82 valence electrons. The zero-order chi connectivity index (χ0) is 11.4. The van der Waals surface area contributed by atoms with E-state index in [1.165, 1.54) is 17.8 Å². The van der Waals surface area contributed by atoms with Crippen LogP contribution < -0.4 is 0 Å². The standard InChI is InChI=1S/C9H9Cl2NO2S/c1-6(5-10)15-8-4-2-3-7(11)9(8)12(13)14/h2-4,6H,5H2,1H3. The molecular formula is C9H9Cl2NO2S. The predicted molar refractivity (Wildman–Crippen MR) is 64.1 cm³/mol. The molecule has 0 aromatic heterocycles. The van der Waals surface area contributed by atoms with E-state index in [-0.39, 0.29) is 16.0 Å². The number of hydrogen-bond donors (Lipinski definition) is 0. The lowest BCUT2D eigenvalue weighted by atomic mass is 10.3. The monoisotopic (exact) mass is 265 g/mol. The summed E-state index contributed by atoms with van der Waals surface area (Å²) in [5.41, 5.74) is -0.0406. The van der Waals surface area contributed by atoms with Gasteiger partial charge in [0.15, 0.2) is 0 Å². The molecule has 0 amide bonds. The quantitative estimate of drug-likeness (QED) is 0.358. The van der Waals surface area contributed by atoms with Gasteiger partial charge in [0.1, 0.15) is 5.02 Å². The third-order valence-electron chi connectivity index (χ3n) is 1.68. The number of rotatable bonds is 4. The van der Waals surface area contributed by atoms with Crippen LogP contribution in [0.4, 0.5) is 5.69 Å². The molecule has 0 heterocycles. The van der Waals surface area contributed by atoms with Crippen LogP contribution in [0.5, 0.6) is 0 Å². The van der Waals surface area contributed by atoms with Crippen molar-refractivity contribution < 1.29 is 4.92 Å². The second kappa shape index (κ2) is 5.58. The van der Waals surface area contributed by atoms with E-state index >= 15 is 0 Å². The molecule has 0 spiro atoms. The zero-order valence-corrected chi connectivity index (χ0v) is 10.3. The third kappa shape index (κ3) is 3.26. The molecule has 0 fully saturated rings. The van der Waals surface area contributed by atoms with E-state index in [0.717, 1.165) is 0 Å². The largest absolute Gasteiger partial charge is 0.301 e. The Labute approximate surface area is 102 Å². The van der Waals surface area contributed by atoms with Crippen LogP contribution in [-0.4, -0.2) is 16.1 Å². The van der Waals surface area contributed by atoms with Crippen molar-refractivity contribution in [1.29, 1.82) is 0 Å². The van der Waals surface area contributed by atoms with E-state index in [1.807, 2.05) is 6.92 Å². The minimum absolute atomic E-state index is 0.0406. The molecule has 0 N–H and O–H groups in total. The van der Waals surface area contributed by atoms with E-state index in [4.69, 9.17) is 23.2 Å². The summed E-state index contributed by atoms with van der Waals surface area (Å²) in [4.78, 5) is 10.9. The Morgan fingerprint density at radius 3 is 2.80 bits per heavy atom. The summed E-state index contributed by atoms with van der Waals surface area (Å²) in [6.45, 7) is 1.91. The Morgan fingerprint density at radius 1 is 1.60 bits per heavy atom. The fourth-order valence-electron chi connectivity index (χ4n) is 1.02. The lowest BCUT2D eigenvalue weighted by Gasteiger charge is -2.07. The van der Waals surface area contributed by atoms with Crippen LogP contribution >= 0.6 is 35.0 Å². The van der Waals surface area contributed by atoms with Gasteiger partial charge in [-0.2, -0.15) is 0 Å². The Bertz CT molecular complexity index is 373. The second-order valence-corrected chi connectivity index (χ2v) is 5.12. The number of benzene rings is 1. The molecule has 1 aromatic carbocycles. The van der Waals surface area contributed by atoms with E-state index in [0.29, 0.717) is 10.8 Å². The first-order valence-electron chi connectivity index (χ1n) is 4.21. The Balaban J connectivity index is 3.06. The third-order valence-corrected chi connectivity index (χ3v) is 3.78. The molecule has 15 heavy (non-hydrogen) atoms. The molecule has 0 saturated carbocycles. The average Bonchev–Trinajstić information content (AvgIpc) is 2.17. The maximum Gasteiger partial charge on any atom is 0.301 e. The molecular weight excluding hydrogens is 257 g/mol. The molecule has 0 aliphatic rings. The van der Waals surface area contributed by atoms with E-state index in [1.54, 1.807) is 12.1 Å². The average molecular weight is 266 g/mol. The van der Waals surface area contributed by atoms with E-state index < -0.39 is 4.92 Å². The summed E-state index contributed by atoms with van der Waals surface area (Å²) in [6.07, 6.45) is 0. The normalized spacial score (nSPS) is 12.5. The van der Waals surface area contributed by atoms with Gasteiger partial charge in [0.2, 0.25) is 0 Å². The van der Waals surface area contributed by atoms with Crippen LogP contribution in [0.3, 0.4) is 0 Å².